The number of rotatable bonds is 4. The Hall–Kier alpha value is -1.30. The molecule has 1 aliphatic rings. The Balaban J connectivity index is 2.12. The number of thiazole rings is 1. The van der Waals surface area contributed by atoms with Crippen molar-refractivity contribution in [2.24, 2.45) is 0 Å². The van der Waals surface area contributed by atoms with E-state index in [4.69, 9.17) is 5.73 Å². The van der Waals surface area contributed by atoms with Crippen LogP contribution in [0.1, 0.15) is 48.7 Å². The van der Waals surface area contributed by atoms with Gasteiger partial charge in [-0.15, -0.1) is 0 Å². The molecular weight excluding hydrogens is 272 g/mol. The normalized spacial score (nSPS) is 16.0. The van der Waals surface area contributed by atoms with E-state index < -0.39 is 0 Å². The molecule has 0 unspecified atom stereocenters. The maximum Gasteiger partial charge on any atom is 0.267 e. The van der Waals surface area contributed by atoms with Crippen molar-refractivity contribution in [1.29, 1.82) is 0 Å². The molecule has 5 nitrogen and oxygen atoms in total. The van der Waals surface area contributed by atoms with Gasteiger partial charge in [-0.05, 0) is 19.3 Å². The summed E-state index contributed by atoms with van der Waals surface area (Å²) in [6.07, 6.45) is 5.66. The van der Waals surface area contributed by atoms with Gasteiger partial charge in [0, 0.05) is 26.7 Å². The van der Waals surface area contributed by atoms with E-state index in [0.717, 1.165) is 44.0 Å². The van der Waals surface area contributed by atoms with Gasteiger partial charge in [-0.3, -0.25) is 4.79 Å². The molecule has 0 saturated carbocycles. The molecule has 0 aliphatic carbocycles. The summed E-state index contributed by atoms with van der Waals surface area (Å²) in [5.41, 5.74) is 5.95. The maximum absolute atomic E-state index is 12.6. The lowest BCUT2D eigenvalue weighted by atomic mass is 10.2. The van der Waals surface area contributed by atoms with Crippen LogP contribution in [0.25, 0.3) is 0 Å². The number of nitrogen functional groups attached to an aromatic ring is 1. The molecule has 2 heterocycles. The van der Waals surface area contributed by atoms with Gasteiger partial charge in [0.1, 0.15) is 10.7 Å². The summed E-state index contributed by atoms with van der Waals surface area (Å²) in [5.74, 6) is 0.431. The van der Waals surface area contributed by atoms with Gasteiger partial charge in [0.05, 0.1) is 0 Å². The molecule has 0 radical (unpaired) electrons. The fraction of sp³-hybridized carbons (Fsp3) is 0.714. The SMILES string of the molecule is CCCN(C)c1nc(N)c(C(=O)N2CCCCCC2)s1. The fourth-order valence-electron chi connectivity index (χ4n) is 2.49. The summed E-state index contributed by atoms with van der Waals surface area (Å²) in [5, 5.41) is 0.836. The smallest absolute Gasteiger partial charge is 0.267 e. The van der Waals surface area contributed by atoms with E-state index in [9.17, 15) is 4.79 Å². The first-order chi connectivity index (χ1) is 9.63. The molecule has 1 aromatic heterocycles. The number of aromatic nitrogens is 1. The monoisotopic (exact) mass is 296 g/mol. The number of likely N-dealkylation sites (tertiary alicyclic amines) is 1. The minimum Gasteiger partial charge on any atom is -0.382 e. The predicted octanol–water partition coefficient (Wildman–Crippen LogP) is 2.59. The topological polar surface area (TPSA) is 62.5 Å². The average Bonchev–Trinajstić information content (AvgIpc) is 2.65. The zero-order valence-corrected chi connectivity index (χ0v) is 13.2. The molecule has 1 amide bonds. The predicted molar refractivity (Wildman–Crippen MR) is 84.5 cm³/mol. The molecule has 1 aromatic rings. The molecule has 0 aromatic carbocycles. The summed E-state index contributed by atoms with van der Waals surface area (Å²) >= 11 is 1.41. The Morgan fingerprint density at radius 2 is 2.00 bits per heavy atom. The van der Waals surface area contributed by atoms with Crippen LogP contribution < -0.4 is 10.6 Å². The van der Waals surface area contributed by atoms with Crippen LogP contribution in [0, 0.1) is 0 Å². The van der Waals surface area contributed by atoms with Gasteiger partial charge in [-0.25, -0.2) is 4.98 Å². The summed E-state index contributed by atoms with van der Waals surface area (Å²) in [7, 11) is 1.99. The lowest BCUT2D eigenvalue weighted by Gasteiger charge is -2.19. The number of amides is 1. The van der Waals surface area contributed by atoms with E-state index >= 15 is 0 Å². The van der Waals surface area contributed by atoms with Crippen molar-refractivity contribution >= 4 is 28.2 Å². The van der Waals surface area contributed by atoms with E-state index in [1.54, 1.807) is 0 Å². The molecule has 1 saturated heterocycles. The van der Waals surface area contributed by atoms with E-state index in [1.165, 1.54) is 24.2 Å². The van der Waals surface area contributed by atoms with Gasteiger partial charge in [0.2, 0.25) is 0 Å². The third kappa shape index (κ3) is 3.42. The van der Waals surface area contributed by atoms with Crippen molar-refractivity contribution < 1.29 is 4.79 Å². The average molecular weight is 296 g/mol. The molecule has 0 atom stereocenters. The second-order valence-corrected chi connectivity index (χ2v) is 6.32. The summed E-state index contributed by atoms with van der Waals surface area (Å²) in [4.78, 5) is 21.5. The van der Waals surface area contributed by atoms with Crippen LogP contribution in [-0.4, -0.2) is 42.5 Å². The van der Waals surface area contributed by atoms with Gasteiger partial charge in [-0.2, -0.15) is 0 Å². The molecule has 112 valence electrons. The second kappa shape index (κ2) is 6.92. The molecule has 1 aliphatic heterocycles. The Labute approximate surface area is 124 Å². The quantitative estimate of drug-likeness (QED) is 0.927. The van der Waals surface area contributed by atoms with Crippen molar-refractivity contribution in [3.05, 3.63) is 4.88 Å². The highest BCUT2D eigenvalue weighted by molar-refractivity contribution is 7.18. The first kappa shape index (κ1) is 15.1. The Kier molecular flexibility index (Phi) is 5.23. The van der Waals surface area contributed by atoms with Crippen LogP contribution in [0.5, 0.6) is 0 Å². The fourth-order valence-corrected chi connectivity index (χ4v) is 3.43. The number of nitrogens with zero attached hydrogens (tertiary/aromatic N) is 3. The van der Waals surface area contributed by atoms with Crippen molar-refractivity contribution in [2.45, 2.75) is 39.0 Å². The van der Waals surface area contributed by atoms with Gasteiger partial charge < -0.3 is 15.5 Å². The van der Waals surface area contributed by atoms with Gasteiger partial charge >= 0.3 is 0 Å². The van der Waals surface area contributed by atoms with Crippen LogP contribution in [0.15, 0.2) is 0 Å². The van der Waals surface area contributed by atoms with E-state index in [1.807, 2.05) is 11.9 Å². The number of nitrogens with two attached hydrogens (primary N) is 1. The molecule has 2 N–H and O–H groups in total. The van der Waals surface area contributed by atoms with E-state index in [-0.39, 0.29) is 5.91 Å². The summed E-state index contributed by atoms with van der Waals surface area (Å²) < 4.78 is 0. The summed E-state index contributed by atoms with van der Waals surface area (Å²) in [6, 6.07) is 0. The molecular formula is C14H24N4OS. The van der Waals surface area contributed by atoms with Crippen molar-refractivity contribution in [1.82, 2.24) is 9.88 Å². The molecule has 20 heavy (non-hydrogen) atoms. The van der Waals surface area contributed by atoms with Crippen LogP contribution in [0.4, 0.5) is 10.9 Å². The molecule has 0 spiro atoms. The standard InChI is InChI=1S/C14H24N4OS/c1-3-8-17(2)14-16-12(15)11(20-14)13(19)18-9-6-4-5-7-10-18/h3-10,15H2,1-2H3. The highest BCUT2D eigenvalue weighted by Gasteiger charge is 2.23. The molecule has 0 bridgehead atoms. The zero-order valence-electron chi connectivity index (χ0n) is 12.4. The van der Waals surface area contributed by atoms with Gasteiger partial charge in [0.25, 0.3) is 5.91 Å². The highest BCUT2D eigenvalue weighted by atomic mass is 32.1. The Morgan fingerprint density at radius 3 is 2.60 bits per heavy atom. The Bertz CT molecular complexity index is 452. The van der Waals surface area contributed by atoms with Crippen LogP contribution in [-0.2, 0) is 0 Å². The molecule has 2 rings (SSSR count). The molecule has 1 fully saturated rings. The Morgan fingerprint density at radius 1 is 1.35 bits per heavy atom. The minimum atomic E-state index is 0.0537. The third-order valence-corrected chi connectivity index (χ3v) is 4.79. The van der Waals surface area contributed by atoms with E-state index in [0.29, 0.717) is 10.7 Å². The maximum atomic E-state index is 12.6. The lowest BCUT2D eigenvalue weighted by Crippen LogP contribution is -2.31. The highest BCUT2D eigenvalue weighted by Crippen LogP contribution is 2.29. The first-order valence-corrected chi connectivity index (χ1v) is 8.21. The number of hydrogen-bond acceptors (Lipinski definition) is 5. The third-order valence-electron chi connectivity index (χ3n) is 3.62. The van der Waals surface area contributed by atoms with Gasteiger partial charge in [-0.1, -0.05) is 31.1 Å². The van der Waals surface area contributed by atoms with Crippen LogP contribution >= 0.6 is 11.3 Å². The van der Waals surface area contributed by atoms with Crippen molar-refractivity contribution in [3.8, 4) is 0 Å². The van der Waals surface area contributed by atoms with E-state index in [2.05, 4.69) is 16.8 Å². The minimum absolute atomic E-state index is 0.0537. The van der Waals surface area contributed by atoms with Crippen molar-refractivity contribution in [2.75, 3.05) is 37.3 Å². The number of carbonyl (C=O) groups is 1. The van der Waals surface area contributed by atoms with Crippen LogP contribution in [0.3, 0.4) is 0 Å². The lowest BCUT2D eigenvalue weighted by molar-refractivity contribution is 0.0767. The second-order valence-electron chi connectivity index (χ2n) is 5.34. The van der Waals surface area contributed by atoms with Crippen molar-refractivity contribution in [3.63, 3.8) is 0 Å². The largest absolute Gasteiger partial charge is 0.382 e. The number of carbonyl (C=O) groups excluding carboxylic acids is 1. The van der Waals surface area contributed by atoms with Crippen LogP contribution in [0.2, 0.25) is 0 Å². The number of anilines is 2. The zero-order chi connectivity index (χ0) is 14.5. The summed E-state index contributed by atoms with van der Waals surface area (Å²) in [6.45, 7) is 4.73. The van der Waals surface area contributed by atoms with Gasteiger partial charge in [0.15, 0.2) is 5.13 Å². The molecule has 6 heteroatoms. The first-order valence-electron chi connectivity index (χ1n) is 7.40. The number of hydrogen-bond donors (Lipinski definition) is 1.